The number of imidazole rings is 1. The van der Waals surface area contributed by atoms with Crippen LogP contribution in [-0.2, 0) is 20.6 Å². The molecule has 0 aliphatic heterocycles. The number of aryl methyl sites for hydroxylation is 2. The SMILES string of the molecule is [2H]C([2H])([2H])[C@]([2H])(O)C([2H])([2H])CCCn1c(=O)c2c(ncn2C)n(C)c1=O. The minimum atomic E-state index is -3.30. The van der Waals surface area contributed by atoms with Gasteiger partial charge in [0, 0.05) is 27.5 Å². The first kappa shape index (κ1) is 8.41. The van der Waals surface area contributed by atoms with Crippen LogP contribution in [0.4, 0.5) is 0 Å². The van der Waals surface area contributed by atoms with Crippen LogP contribution in [0.25, 0.3) is 11.2 Å². The molecule has 1 N–H and O–H groups in total. The van der Waals surface area contributed by atoms with Gasteiger partial charge in [-0.2, -0.15) is 0 Å². The third-order valence-corrected chi connectivity index (χ3v) is 3.05. The quantitative estimate of drug-likeness (QED) is 0.838. The van der Waals surface area contributed by atoms with Crippen LogP contribution in [0.2, 0.25) is 0 Å². The summed E-state index contributed by atoms with van der Waals surface area (Å²) in [5.41, 5.74) is -0.814. The van der Waals surface area contributed by atoms with Crippen molar-refractivity contribution in [2.45, 2.75) is 38.7 Å². The summed E-state index contributed by atoms with van der Waals surface area (Å²) in [6, 6.07) is 0. The van der Waals surface area contributed by atoms with Gasteiger partial charge in [0.05, 0.1) is 13.8 Å². The summed E-state index contributed by atoms with van der Waals surface area (Å²) in [4.78, 5) is 28.8. The highest BCUT2D eigenvalue weighted by Gasteiger charge is 2.14. The fourth-order valence-electron chi connectivity index (χ4n) is 2.04. The lowest BCUT2D eigenvalue weighted by atomic mass is 10.2. The van der Waals surface area contributed by atoms with Crippen LogP contribution in [0.1, 0.15) is 34.3 Å². The average Bonchev–Trinajstić information content (AvgIpc) is 2.89. The third kappa shape index (κ3) is 2.53. The Labute approximate surface area is 124 Å². The Bertz CT molecular complexity index is 940. The van der Waals surface area contributed by atoms with Crippen LogP contribution in [0.15, 0.2) is 15.9 Å². The molecule has 7 nitrogen and oxygen atoms in total. The van der Waals surface area contributed by atoms with E-state index in [0.717, 1.165) is 4.57 Å². The molecule has 0 bridgehead atoms. The van der Waals surface area contributed by atoms with E-state index >= 15 is 0 Å². The van der Waals surface area contributed by atoms with E-state index in [1.54, 1.807) is 7.05 Å². The predicted octanol–water partition coefficient (Wildman–Crippen LogP) is -0.0152. The summed E-state index contributed by atoms with van der Waals surface area (Å²) in [6.07, 6.45) is -5.32. The number of hydrogen-bond acceptors (Lipinski definition) is 4. The van der Waals surface area contributed by atoms with E-state index in [1.807, 2.05) is 0 Å². The largest absolute Gasteiger partial charge is 0.393 e. The molecule has 0 fully saturated rings. The zero-order chi connectivity index (χ0) is 20.1. The molecule has 0 aliphatic rings. The minimum absolute atomic E-state index is 0.122. The van der Waals surface area contributed by atoms with Crippen molar-refractivity contribution < 1.29 is 13.3 Å². The first-order valence-electron chi connectivity index (χ1n) is 9.05. The molecule has 7 heteroatoms. The van der Waals surface area contributed by atoms with Crippen molar-refractivity contribution in [3.05, 3.63) is 27.2 Å². The van der Waals surface area contributed by atoms with E-state index in [0.29, 0.717) is 0 Å². The van der Waals surface area contributed by atoms with Crippen LogP contribution in [0.5, 0.6) is 0 Å². The molecule has 0 aromatic carbocycles. The zero-order valence-corrected chi connectivity index (χ0v) is 11.3. The van der Waals surface area contributed by atoms with Crippen LogP contribution >= 0.6 is 0 Å². The fraction of sp³-hybridized carbons (Fsp3) is 0.615. The van der Waals surface area contributed by atoms with Crippen LogP contribution in [-0.4, -0.2) is 29.9 Å². The maximum absolute atomic E-state index is 12.5. The lowest BCUT2D eigenvalue weighted by Crippen LogP contribution is -2.39. The molecule has 110 valence electrons. The van der Waals surface area contributed by atoms with Crippen LogP contribution in [0.3, 0.4) is 0 Å². The number of nitrogens with zero attached hydrogens (tertiary/aromatic N) is 4. The van der Waals surface area contributed by atoms with E-state index in [2.05, 4.69) is 4.98 Å². The Morgan fingerprint density at radius 3 is 2.95 bits per heavy atom. The van der Waals surface area contributed by atoms with Gasteiger partial charge in [0.15, 0.2) is 11.2 Å². The molecule has 0 saturated carbocycles. The molecule has 0 saturated heterocycles. The van der Waals surface area contributed by atoms with E-state index in [1.165, 1.54) is 22.5 Å². The number of rotatable bonds is 5. The first-order chi connectivity index (χ1) is 11.7. The summed E-state index contributed by atoms with van der Waals surface area (Å²) >= 11 is 0. The smallest absolute Gasteiger partial charge is 0.332 e. The summed E-state index contributed by atoms with van der Waals surface area (Å²) in [5, 5.41) is 9.76. The molecule has 0 aliphatic carbocycles. The minimum Gasteiger partial charge on any atom is -0.393 e. The molecule has 2 rings (SSSR count). The van der Waals surface area contributed by atoms with Crippen molar-refractivity contribution in [2.75, 3.05) is 0 Å². The van der Waals surface area contributed by atoms with E-state index in [9.17, 15) is 14.7 Å². The van der Waals surface area contributed by atoms with Gasteiger partial charge in [-0.25, -0.2) is 9.78 Å². The van der Waals surface area contributed by atoms with Crippen molar-refractivity contribution in [1.29, 1.82) is 0 Å². The highest BCUT2D eigenvalue weighted by atomic mass is 16.3. The van der Waals surface area contributed by atoms with Crippen molar-refractivity contribution in [1.82, 2.24) is 18.7 Å². The summed E-state index contributed by atoms with van der Waals surface area (Å²) < 4.78 is 47.8. The van der Waals surface area contributed by atoms with Gasteiger partial charge >= 0.3 is 5.69 Å². The second-order valence-corrected chi connectivity index (χ2v) is 4.46. The predicted molar refractivity (Wildman–Crippen MR) is 75.7 cm³/mol. The lowest BCUT2D eigenvalue weighted by molar-refractivity contribution is 0.180. The van der Waals surface area contributed by atoms with Crippen LogP contribution < -0.4 is 11.2 Å². The highest BCUT2D eigenvalue weighted by molar-refractivity contribution is 5.69. The number of aliphatic hydroxyl groups is 1. The Kier molecular flexibility index (Phi) is 2.36. The highest BCUT2D eigenvalue weighted by Crippen LogP contribution is 2.04. The Morgan fingerprint density at radius 2 is 2.25 bits per heavy atom. The zero-order valence-electron chi connectivity index (χ0n) is 17.3. The average molecular weight is 286 g/mol. The van der Waals surface area contributed by atoms with E-state index in [-0.39, 0.29) is 24.1 Å². The van der Waals surface area contributed by atoms with Gasteiger partial charge in [-0.1, -0.05) is 0 Å². The monoisotopic (exact) mass is 286 g/mol. The molecule has 2 aromatic heterocycles. The fourth-order valence-corrected chi connectivity index (χ4v) is 2.04. The third-order valence-electron chi connectivity index (χ3n) is 3.05. The van der Waals surface area contributed by atoms with Crippen molar-refractivity contribution in [2.24, 2.45) is 14.1 Å². The van der Waals surface area contributed by atoms with Crippen molar-refractivity contribution in [3.8, 4) is 0 Å². The molecule has 2 heterocycles. The van der Waals surface area contributed by atoms with Crippen molar-refractivity contribution >= 4 is 11.2 Å². The first-order valence-corrected chi connectivity index (χ1v) is 6.05. The van der Waals surface area contributed by atoms with Crippen LogP contribution in [0, 0.1) is 0 Å². The number of fused-ring (bicyclic) bond motifs is 1. The number of hydrogen-bond donors (Lipinski definition) is 1. The van der Waals surface area contributed by atoms with Crippen molar-refractivity contribution in [3.63, 3.8) is 0 Å². The second kappa shape index (κ2) is 5.62. The molecule has 0 radical (unpaired) electrons. The van der Waals surface area contributed by atoms with E-state index < -0.39 is 37.0 Å². The molecule has 0 amide bonds. The normalized spacial score (nSPS) is 20.4. The molecule has 0 spiro atoms. The molecule has 2 aromatic rings. The molecular formula is C13H20N4O3. The van der Waals surface area contributed by atoms with Gasteiger partial charge in [0.25, 0.3) is 5.56 Å². The Hall–Kier alpha value is -1.89. The van der Waals surface area contributed by atoms with Gasteiger partial charge in [0.1, 0.15) is 0 Å². The Morgan fingerprint density at radius 1 is 1.50 bits per heavy atom. The summed E-state index contributed by atoms with van der Waals surface area (Å²) in [6.45, 7) is -3.43. The molecular weight excluding hydrogens is 260 g/mol. The maximum Gasteiger partial charge on any atom is 0.332 e. The maximum atomic E-state index is 12.5. The van der Waals surface area contributed by atoms with Gasteiger partial charge in [-0.05, 0) is 26.1 Å². The summed E-state index contributed by atoms with van der Waals surface area (Å²) in [7, 11) is 3.05. The van der Waals surface area contributed by atoms with Gasteiger partial charge in [-0.15, -0.1) is 0 Å². The lowest BCUT2D eigenvalue weighted by Gasteiger charge is -2.09. The summed E-state index contributed by atoms with van der Waals surface area (Å²) in [5.74, 6) is 0. The molecule has 1 atom stereocenters. The molecule has 20 heavy (non-hydrogen) atoms. The number of aromatic nitrogens is 4. The Balaban J connectivity index is 2.30. The van der Waals surface area contributed by atoms with Gasteiger partial charge in [0.2, 0.25) is 0 Å². The molecule has 0 unspecified atom stereocenters. The van der Waals surface area contributed by atoms with E-state index in [4.69, 9.17) is 8.22 Å². The topological polar surface area (TPSA) is 82.1 Å². The van der Waals surface area contributed by atoms with Gasteiger partial charge in [-0.3, -0.25) is 13.9 Å². The van der Waals surface area contributed by atoms with Gasteiger partial charge < -0.3 is 9.67 Å². The second-order valence-electron chi connectivity index (χ2n) is 4.46. The standard InChI is InChI=1S/C13H20N4O3/c1-9(18)6-4-5-7-17-12(19)10-11(14-8-15(10)2)16(3)13(17)20/h8-9,18H,4-7H2,1-3H3/t9-/m0/s1/i1D3,6D2,9D.